The number of para-hydroxylation sites is 2. The molecule has 0 aliphatic carbocycles. The molecule has 0 aliphatic rings. The Bertz CT molecular complexity index is 676. The van der Waals surface area contributed by atoms with Gasteiger partial charge < -0.3 is 14.2 Å². The fourth-order valence-electron chi connectivity index (χ4n) is 1.89. The highest BCUT2D eigenvalue weighted by Crippen LogP contribution is 2.26. The maximum atomic E-state index is 11.7. The van der Waals surface area contributed by atoms with E-state index in [0.29, 0.717) is 23.7 Å². The van der Waals surface area contributed by atoms with E-state index in [1.165, 1.54) is 6.92 Å². The van der Waals surface area contributed by atoms with Crippen LogP contribution in [0.15, 0.2) is 48.5 Å². The first-order chi connectivity index (χ1) is 11.1. The molecule has 2 aromatic rings. The first-order valence-corrected chi connectivity index (χ1v) is 7.11. The zero-order chi connectivity index (χ0) is 16.7. The molecule has 0 unspecified atom stereocenters. The Hall–Kier alpha value is -2.82. The van der Waals surface area contributed by atoms with Crippen LogP contribution in [0.5, 0.6) is 11.5 Å². The molecule has 2 aromatic carbocycles. The molecule has 0 amide bonds. The van der Waals surface area contributed by atoms with Gasteiger partial charge in [0.25, 0.3) is 0 Å². The molecule has 0 heterocycles. The van der Waals surface area contributed by atoms with Crippen molar-refractivity contribution in [3.05, 3.63) is 59.7 Å². The van der Waals surface area contributed by atoms with Crippen molar-refractivity contribution >= 4 is 11.8 Å². The Balaban J connectivity index is 1.95. The van der Waals surface area contributed by atoms with E-state index in [4.69, 9.17) is 14.2 Å². The average Bonchev–Trinajstić information content (AvgIpc) is 2.58. The number of methoxy groups -OCH3 is 1. The third kappa shape index (κ3) is 4.85. The molecule has 0 saturated carbocycles. The Kier molecular flexibility index (Phi) is 5.74. The van der Waals surface area contributed by atoms with Gasteiger partial charge in [-0.05, 0) is 36.8 Å². The molecule has 5 heteroatoms. The van der Waals surface area contributed by atoms with Gasteiger partial charge in [-0.3, -0.25) is 4.79 Å². The largest absolute Gasteiger partial charge is 0.493 e. The first kappa shape index (κ1) is 16.5. The fourth-order valence-corrected chi connectivity index (χ4v) is 1.89. The zero-order valence-corrected chi connectivity index (χ0v) is 13.1. The van der Waals surface area contributed by atoms with Crippen LogP contribution in [0.4, 0.5) is 0 Å². The minimum Gasteiger partial charge on any atom is -0.493 e. The van der Waals surface area contributed by atoms with Gasteiger partial charge in [-0.25, -0.2) is 4.79 Å². The third-order valence-corrected chi connectivity index (χ3v) is 3.06. The molecule has 23 heavy (non-hydrogen) atoms. The lowest BCUT2D eigenvalue weighted by Gasteiger charge is -2.10. The number of carbonyl (C=O) groups excluding carboxylic acids is 2. The molecule has 0 bridgehead atoms. The third-order valence-electron chi connectivity index (χ3n) is 3.06. The summed E-state index contributed by atoms with van der Waals surface area (Å²) in [5.74, 6) is 0.606. The predicted molar refractivity (Wildman–Crippen MR) is 84.7 cm³/mol. The summed E-state index contributed by atoms with van der Waals surface area (Å²) >= 11 is 0. The second-order valence-electron chi connectivity index (χ2n) is 4.91. The summed E-state index contributed by atoms with van der Waals surface area (Å²) in [5, 5.41) is 0. The second kappa shape index (κ2) is 7.98. The summed E-state index contributed by atoms with van der Waals surface area (Å²) in [5.41, 5.74) is 1.30. The predicted octanol–water partition coefficient (Wildman–Crippen LogP) is 3.02. The lowest BCUT2D eigenvalue weighted by molar-refractivity contribution is -0.120. The lowest BCUT2D eigenvalue weighted by Crippen LogP contribution is -2.11. The van der Waals surface area contributed by atoms with E-state index in [9.17, 15) is 9.59 Å². The van der Waals surface area contributed by atoms with Gasteiger partial charge in [-0.15, -0.1) is 0 Å². The first-order valence-electron chi connectivity index (χ1n) is 7.11. The van der Waals surface area contributed by atoms with Crippen LogP contribution in [0.2, 0.25) is 0 Å². The van der Waals surface area contributed by atoms with Gasteiger partial charge in [0.1, 0.15) is 13.2 Å². The summed E-state index contributed by atoms with van der Waals surface area (Å²) in [4.78, 5) is 22.5. The molecule has 5 nitrogen and oxygen atoms in total. The van der Waals surface area contributed by atoms with Crippen molar-refractivity contribution in [2.45, 2.75) is 13.5 Å². The van der Waals surface area contributed by atoms with Crippen LogP contribution in [0, 0.1) is 0 Å². The van der Waals surface area contributed by atoms with Crippen LogP contribution in [0.1, 0.15) is 22.8 Å². The van der Waals surface area contributed by atoms with E-state index in [-0.39, 0.29) is 12.4 Å². The molecule has 0 spiro atoms. The molecular weight excluding hydrogens is 296 g/mol. The van der Waals surface area contributed by atoms with Gasteiger partial charge in [0.2, 0.25) is 0 Å². The van der Waals surface area contributed by atoms with Crippen molar-refractivity contribution in [3.8, 4) is 11.5 Å². The Labute approximate surface area is 134 Å². The van der Waals surface area contributed by atoms with Gasteiger partial charge in [0, 0.05) is 0 Å². The average molecular weight is 314 g/mol. The number of carbonyl (C=O) groups is 2. The van der Waals surface area contributed by atoms with Crippen LogP contribution in [0.25, 0.3) is 0 Å². The van der Waals surface area contributed by atoms with Crippen LogP contribution in [0.3, 0.4) is 0 Å². The van der Waals surface area contributed by atoms with Crippen molar-refractivity contribution in [2.75, 3.05) is 13.7 Å². The highest BCUT2D eigenvalue weighted by molar-refractivity contribution is 5.91. The van der Waals surface area contributed by atoms with Crippen molar-refractivity contribution in [3.63, 3.8) is 0 Å². The smallest absolute Gasteiger partial charge is 0.338 e. The van der Waals surface area contributed by atoms with Crippen LogP contribution in [-0.4, -0.2) is 25.5 Å². The van der Waals surface area contributed by atoms with Gasteiger partial charge in [0.15, 0.2) is 17.3 Å². The maximum absolute atomic E-state index is 11.7. The van der Waals surface area contributed by atoms with Crippen molar-refractivity contribution < 1.29 is 23.8 Å². The van der Waals surface area contributed by atoms with E-state index in [1.54, 1.807) is 31.4 Å². The molecular formula is C18H18O5. The number of hydrogen-bond acceptors (Lipinski definition) is 5. The standard InChI is InChI=1S/C18H18O5/c1-13(19)11-23-18(20)15-9-7-14(8-10-15)12-22-17-6-4-3-5-16(17)21-2/h3-10H,11-12H2,1-2H3. The zero-order valence-electron chi connectivity index (χ0n) is 13.1. The molecule has 2 rings (SSSR count). The fraction of sp³-hybridized carbons (Fsp3) is 0.222. The van der Waals surface area contributed by atoms with E-state index in [2.05, 4.69) is 0 Å². The van der Waals surface area contributed by atoms with Crippen molar-refractivity contribution in [1.29, 1.82) is 0 Å². The molecule has 0 radical (unpaired) electrons. The summed E-state index contributed by atoms with van der Waals surface area (Å²) < 4.78 is 15.8. The number of ether oxygens (including phenoxy) is 3. The summed E-state index contributed by atoms with van der Waals surface area (Å²) in [7, 11) is 1.59. The van der Waals surface area contributed by atoms with E-state index >= 15 is 0 Å². The molecule has 0 atom stereocenters. The summed E-state index contributed by atoms with van der Waals surface area (Å²) in [6.45, 7) is 1.51. The highest BCUT2D eigenvalue weighted by atomic mass is 16.5. The van der Waals surface area contributed by atoms with E-state index in [0.717, 1.165) is 5.56 Å². The number of ketones is 1. The number of esters is 1. The monoisotopic (exact) mass is 314 g/mol. The molecule has 0 saturated heterocycles. The normalized spacial score (nSPS) is 10.0. The minimum absolute atomic E-state index is 0.194. The van der Waals surface area contributed by atoms with Crippen LogP contribution >= 0.6 is 0 Å². The number of benzene rings is 2. The van der Waals surface area contributed by atoms with Gasteiger partial charge >= 0.3 is 5.97 Å². The minimum atomic E-state index is -0.516. The van der Waals surface area contributed by atoms with Gasteiger partial charge in [-0.1, -0.05) is 24.3 Å². The topological polar surface area (TPSA) is 61.8 Å². The maximum Gasteiger partial charge on any atom is 0.338 e. The number of hydrogen-bond donors (Lipinski definition) is 0. The van der Waals surface area contributed by atoms with Crippen LogP contribution in [-0.2, 0) is 16.1 Å². The Morgan fingerprint density at radius 1 is 0.957 bits per heavy atom. The molecule has 120 valence electrons. The molecule has 0 N–H and O–H groups in total. The Morgan fingerprint density at radius 2 is 1.61 bits per heavy atom. The second-order valence-corrected chi connectivity index (χ2v) is 4.91. The molecule has 0 fully saturated rings. The summed E-state index contributed by atoms with van der Waals surface area (Å²) in [6.07, 6.45) is 0. The lowest BCUT2D eigenvalue weighted by atomic mass is 10.1. The van der Waals surface area contributed by atoms with Crippen molar-refractivity contribution in [1.82, 2.24) is 0 Å². The highest BCUT2D eigenvalue weighted by Gasteiger charge is 2.08. The number of Topliss-reactive ketones (excluding diaryl/α,β-unsaturated/α-hetero) is 1. The van der Waals surface area contributed by atoms with Crippen molar-refractivity contribution in [2.24, 2.45) is 0 Å². The summed E-state index contributed by atoms with van der Waals surface area (Å²) in [6, 6.07) is 14.2. The van der Waals surface area contributed by atoms with E-state index < -0.39 is 5.97 Å². The number of rotatable bonds is 7. The molecule has 0 aliphatic heterocycles. The molecule has 0 aromatic heterocycles. The SMILES string of the molecule is COc1ccccc1OCc1ccc(C(=O)OCC(C)=O)cc1. The quantitative estimate of drug-likeness (QED) is 0.735. The van der Waals surface area contributed by atoms with Gasteiger partial charge in [0.05, 0.1) is 12.7 Å². The Morgan fingerprint density at radius 3 is 2.22 bits per heavy atom. The van der Waals surface area contributed by atoms with Crippen LogP contribution < -0.4 is 9.47 Å². The van der Waals surface area contributed by atoms with Gasteiger partial charge in [-0.2, -0.15) is 0 Å². The van der Waals surface area contributed by atoms with E-state index in [1.807, 2.05) is 24.3 Å².